The zero-order valence-corrected chi connectivity index (χ0v) is 14.0. The van der Waals surface area contributed by atoms with Gasteiger partial charge in [0.25, 0.3) is 0 Å². The quantitative estimate of drug-likeness (QED) is 0.547. The molecule has 0 aliphatic heterocycles. The molecule has 6 heteroatoms. The van der Waals surface area contributed by atoms with E-state index in [4.69, 9.17) is 0 Å². The molecule has 2 rings (SSSR count). The van der Waals surface area contributed by atoms with Crippen molar-refractivity contribution < 1.29 is 25.2 Å². The van der Waals surface area contributed by atoms with Crippen LogP contribution in [0.25, 0.3) is 0 Å². The Hall–Kier alpha value is -2.57. The number of carbonyl (C=O) groups is 1. The Morgan fingerprint density at radius 1 is 1.08 bits per heavy atom. The summed E-state index contributed by atoms with van der Waals surface area (Å²) in [6, 6.07) is 12.5. The van der Waals surface area contributed by atoms with Gasteiger partial charge in [0.2, 0.25) is 0 Å². The molecule has 0 saturated carbocycles. The average molecular weight is 345 g/mol. The predicted molar refractivity (Wildman–Crippen MR) is 93.5 cm³/mol. The van der Waals surface area contributed by atoms with Crippen LogP contribution in [0.4, 0.5) is 0 Å². The molecule has 0 aromatic heterocycles. The number of aliphatic hydroxyl groups is 1. The lowest BCUT2D eigenvalue weighted by molar-refractivity contribution is -0.147. The lowest BCUT2D eigenvalue weighted by Crippen LogP contribution is -2.43. The Labute approximate surface area is 146 Å². The minimum absolute atomic E-state index is 0.234. The number of hydrogen-bond acceptors (Lipinski definition) is 5. The van der Waals surface area contributed by atoms with Gasteiger partial charge in [0.15, 0.2) is 11.5 Å². The highest BCUT2D eigenvalue weighted by Crippen LogP contribution is 2.30. The van der Waals surface area contributed by atoms with Crippen molar-refractivity contribution in [3.05, 3.63) is 59.7 Å². The molecule has 2 aromatic rings. The molecule has 2 atom stereocenters. The van der Waals surface area contributed by atoms with Gasteiger partial charge in [-0.1, -0.05) is 36.4 Å². The number of carboxylic acids is 1. The van der Waals surface area contributed by atoms with Gasteiger partial charge in [-0.3, -0.25) is 9.69 Å². The Balaban J connectivity index is 2.02. The fourth-order valence-electron chi connectivity index (χ4n) is 2.79. The van der Waals surface area contributed by atoms with Gasteiger partial charge in [-0.15, -0.1) is 0 Å². The third-order valence-electron chi connectivity index (χ3n) is 4.19. The van der Waals surface area contributed by atoms with Gasteiger partial charge in [0.1, 0.15) is 12.1 Å². The normalized spacial score (nSPS) is 13.6. The summed E-state index contributed by atoms with van der Waals surface area (Å²) < 4.78 is 0. The van der Waals surface area contributed by atoms with Crippen LogP contribution in [0, 0.1) is 0 Å². The first-order chi connectivity index (χ1) is 11.9. The van der Waals surface area contributed by atoms with Crippen LogP contribution < -0.4 is 0 Å². The molecule has 4 N–H and O–H groups in total. The summed E-state index contributed by atoms with van der Waals surface area (Å²) in [5.74, 6) is -1.87. The molecule has 0 aliphatic carbocycles. The molecule has 2 aromatic carbocycles. The van der Waals surface area contributed by atoms with Gasteiger partial charge in [-0.05, 0) is 49.7 Å². The fourth-order valence-corrected chi connectivity index (χ4v) is 2.79. The number of hydrogen-bond donors (Lipinski definition) is 4. The molecule has 0 fully saturated rings. The van der Waals surface area contributed by atoms with Gasteiger partial charge in [-0.2, -0.15) is 0 Å². The van der Waals surface area contributed by atoms with Crippen LogP contribution in [0.1, 0.15) is 23.7 Å². The van der Waals surface area contributed by atoms with Crippen LogP contribution in [-0.2, 0) is 11.2 Å². The number of nitrogens with zero attached hydrogens (tertiary/aromatic N) is 1. The molecule has 0 amide bonds. The van der Waals surface area contributed by atoms with Crippen molar-refractivity contribution in [2.75, 3.05) is 13.6 Å². The summed E-state index contributed by atoms with van der Waals surface area (Å²) in [4.78, 5) is 13.2. The summed E-state index contributed by atoms with van der Waals surface area (Å²) in [5, 5.41) is 38.8. The molecule has 0 spiro atoms. The third-order valence-corrected chi connectivity index (χ3v) is 4.19. The number of benzene rings is 2. The first kappa shape index (κ1) is 18.8. The van der Waals surface area contributed by atoms with Crippen molar-refractivity contribution in [1.29, 1.82) is 0 Å². The van der Waals surface area contributed by atoms with Crippen LogP contribution in [-0.4, -0.2) is 50.9 Å². The number of aromatic hydroxyl groups is 2. The van der Waals surface area contributed by atoms with Gasteiger partial charge in [0.05, 0.1) is 0 Å². The molecule has 25 heavy (non-hydrogen) atoms. The highest BCUT2D eigenvalue weighted by atomic mass is 16.4. The van der Waals surface area contributed by atoms with E-state index < -0.39 is 23.9 Å². The minimum Gasteiger partial charge on any atom is -0.504 e. The van der Waals surface area contributed by atoms with Crippen LogP contribution in [0.3, 0.4) is 0 Å². The number of aryl methyl sites for hydroxylation is 1. The maximum absolute atomic E-state index is 11.6. The predicted octanol–water partition coefficient (Wildman–Crippen LogP) is 2.15. The van der Waals surface area contributed by atoms with Gasteiger partial charge >= 0.3 is 5.97 Å². The molecule has 0 heterocycles. The Morgan fingerprint density at radius 3 is 2.36 bits per heavy atom. The number of carboxylic acid groups (broad SMARTS) is 1. The SMILES string of the molecule is CN(CCCc1ccccc1)[C@H](C(=O)O)C(O)c1ccc(O)c(O)c1. The zero-order valence-electron chi connectivity index (χ0n) is 14.0. The molecule has 0 aliphatic rings. The highest BCUT2D eigenvalue weighted by Gasteiger charge is 2.31. The fraction of sp³-hybridized carbons (Fsp3) is 0.316. The van der Waals surface area contributed by atoms with E-state index in [1.807, 2.05) is 30.3 Å². The van der Waals surface area contributed by atoms with Gasteiger partial charge in [-0.25, -0.2) is 0 Å². The van der Waals surface area contributed by atoms with E-state index in [9.17, 15) is 25.2 Å². The van der Waals surface area contributed by atoms with E-state index in [0.717, 1.165) is 12.8 Å². The maximum atomic E-state index is 11.6. The number of phenols is 2. The summed E-state index contributed by atoms with van der Waals surface area (Å²) in [7, 11) is 1.65. The second-order valence-electron chi connectivity index (χ2n) is 6.05. The van der Waals surface area contributed by atoms with E-state index in [2.05, 4.69) is 0 Å². The smallest absolute Gasteiger partial charge is 0.323 e. The van der Waals surface area contributed by atoms with Gasteiger partial charge < -0.3 is 20.4 Å². The van der Waals surface area contributed by atoms with Crippen LogP contribution in [0.15, 0.2) is 48.5 Å². The molecule has 6 nitrogen and oxygen atoms in total. The van der Waals surface area contributed by atoms with E-state index in [-0.39, 0.29) is 11.3 Å². The molecule has 0 radical (unpaired) electrons. The lowest BCUT2D eigenvalue weighted by atomic mass is 10.00. The summed E-state index contributed by atoms with van der Waals surface area (Å²) in [6.07, 6.45) is 0.233. The van der Waals surface area contributed by atoms with E-state index in [1.165, 1.54) is 23.8 Å². The molecule has 0 saturated heterocycles. The third kappa shape index (κ3) is 4.95. The topological polar surface area (TPSA) is 101 Å². The zero-order chi connectivity index (χ0) is 18.4. The molecular formula is C19H23NO5. The van der Waals surface area contributed by atoms with E-state index in [0.29, 0.717) is 6.54 Å². The Bertz CT molecular complexity index is 704. The minimum atomic E-state index is -1.33. The molecule has 1 unspecified atom stereocenters. The van der Waals surface area contributed by atoms with Crippen LogP contribution in [0.2, 0.25) is 0 Å². The van der Waals surface area contributed by atoms with Crippen molar-refractivity contribution in [3.63, 3.8) is 0 Å². The number of phenolic OH excluding ortho intramolecular Hbond substituents is 2. The van der Waals surface area contributed by atoms with Crippen LogP contribution in [0.5, 0.6) is 11.5 Å². The first-order valence-electron chi connectivity index (χ1n) is 8.07. The number of likely N-dealkylation sites (N-methyl/N-ethyl adjacent to an activating group) is 1. The van der Waals surface area contributed by atoms with Crippen molar-refractivity contribution in [2.24, 2.45) is 0 Å². The standard InChI is InChI=1S/C19H23NO5/c1-20(11-5-8-13-6-3-2-4-7-13)17(19(24)25)18(23)14-9-10-15(21)16(22)12-14/h2-4,6-7,9-10,12,17-18,21-23H,5,8,11H2,1H3,(H,24,25)/t17-,18?/m0/s1. The molecular weight excluding hydrogens is 322 g/mol. The van der Waals surface area contributed by atoms with Crippen molar-refractivity contribution >= 4 is 5.97 Å². The average Bonchev–Trinajstić information content (AvgIpc) is 2.58. The van der Waals surface area contributed by atoms with Gasteiger partial charge in [0, 0.05) is 0 Å². The summed E-state index contributed by atoms with van der Waals surface area (Å²) >= 11 is 0. The first-order valence-corrected chi connectivity index (χ1v) is 8.07. The Kier molecular flexibility index (Phi) is 6.38. The summed E-state index contributed by atoms with van der Waals surface area (Å²) in [5.41, 5.74) is 1.41. The Morgan fingerprint density at radius 2 is 1.76 bits per heavy atom. The largest absolute Gasteiger partial charge is 0.504 e. The number of aliphatic carboxylic acids is 1. The lowest BCUT2D eigenvalue weighted by Gasteiger charge is -2.29. The van der Waals surface area contributed by atoms with Crippen LogP contribution >= 0.6 is 0 Å². The second kappa shape index (κ2) is 8.50. The summed E-state index contributed by atoms with van der Waals surface area (Å²) in [6.45, 7) is 0.493. The molecule has 134 valence electrons. The number of aliphatic hydroxyl groups excluding tert-OH is 1. The van der Waals surface area contributed by atoms with Crippen molar-refractivity contribution in [3.8, 4) is 11.5 Å². The maximum Gasteiger partial charge on any atom is 0.323 e. The van der Waals surface area contributed by atoms with Crippen molar-refractivity contribution in [2.45, 2.75) is 25.0 Å². The number of rotatable bonds is 8. The molecule has 0 bridgehead atoms. The second-order valence-corrected chi connectivity index (χ2v) is 6.05. The van der Waals surface area contributed by atoms with E-state index in [1.54, 1.807) is 11.9 Å². The van der Waals surface area contributed by atoms with E-state index >= 15 is 0 Å². The monoisotopic (exact) mass is 345 g/mol. The highest BCUT2D eigenvalue weighted by molar-refractivity contribution is 5.74. The van der Waals surface area contributed by atoms with Crippen molar-refractivity contribution in [1.82, 2.24) is 4.90 Å².